The van der Waals surface area contributed by atoms with E-state index in [2.05, 4.69) is 4.72 Å². The number of nitriles is 1. The lowest BCUT2D eigenvalue weighted by Crippen LogP contribution is -2.42. The van der Waals surface area contributed by atoms with Gasteiger partial charge in [-0.2, -0.15) is 9.98 Å². The Hall–Kier alpha value is -2.16. The third-order valence-electron chi connectivity index (χ3n) is 3.24. The van der Waals surface area contributed by atoms with Gasteiger partial charge in [0.1, 0.15) is 5.54 Å². The Balaban J connectivity index is 2.39. The fraction of sp³-hybridized carbons (Fsp3) is 0.188. The van der Waals surface area contributed by atoms with Gasteiger partial charge in [0.05, 0.1) is 11.0 Å². The Bertz CT molecular complexity index is 762. The summed E-state index contributed by atoms with van der Waals surface area (Å²) in [6.07, 6.45) is 0. The number of hydrogen-bond acceptors (Lipinski definition) is 3. The van der Waals surface area contributed by atoms with Gasteiger partial charge in [-0.1, -0.05) is 48.0 Å². The SMILES string of the molecule is Cc1ccc(S(=O)(=O)NC(C)(C#N)c2ccccc2)cc1. The fourth-order valence-corrected chi connectivity index (χ4v) is 3.28. The second-order valence-electron chi connectivity index (χ2n) is 5.02. The van der Waals surface area contributed by atoms with Crippen molar-refractivity contribution in [3.05, 3.63) is 65.7 Å². The van der Waals surface area contributed by atoms with Crippen LogP contribution in [0.25, 0.3) is 0 Å². The molecule has 0 fully saturated rings. The molecule has 0 aliphatic rings. The molecule has 0 aliphatic carbocycles. The molecular formula is C16H16N2O2S. The van der Waals surface area contributed by atoms with Crippen LogP contribution in [0.1, 0.15) is 18.1 Å². The third kappa shape index (κ3) is 3.30. The average molecular weight is 300 g/mol. The Morgan fingerprint density at radius 2 is 1.62 bits per heavy atom. The molecule has 1 unspecified atom stereocenters. The van der Waals surface area contributed by atoms with Gasteiger partial charge in [0.15, 0.2) is 0 Å². The van der Waals surface area contributed by atoms with Crippen molar-refractivity contribution in [2.75, 3.05) is 0 Å². The number of benzene rings is 2. The molecule has 0 bridgehead atoms. The van der Waals surface area contributed by atoms with Crippen LogP contribution in [0.5, 0.6) is 0 Å². The monoisotopic (exact) mass is 300 g/mol. The summed E-state index contributed by atoms with van der Waals surface area (Å²) in [5.41, 5.74) is 0.258. The highest BCUT2D eigenvalue weighted by atomic mass is 32.2. The molecule has 5 heteroatoms. The average Bonchev–Trinajstić information content (AvgIpc) is 2.48. The van der Waals surface area contributed by atoms with Crippen LogP contribution in [0, 0.1) is 18.3 Å². The molecule has 0 radical (unpaired) electrons. The lowest BCUT2D eigenvalue weighted by atomic mass is 9.95. The number of nitrogens with one attached hydrogen (secondary N) is 1. The fourth-order valence-electron chi connectivity index (χ4n) is 1.96. The van der Waals surface area contributed by atoms with E-state index in [1.165, 1.54) is 12.1 Å². The highest BCUT2D eigenvalue weighted by Crippen LogP contribution is 2.23. The molecule has 4 nitrogen and oxygen atoms in total. The highest BCUT2D eigenvalue weighted by molar-refractivity contribution is 7.89. The molecule has 1 atom stereocenters. The van der Waals surface area contributed by atoms with Crippen LogP contribution < -0.4 is 4.72 Å². The lowest BCUT2D eigenvalue weighted by molar-refractivity contribution is 0.524. The van der Waals surface area contributed by atoms with E-state index in [4.69, 9.17) is 0 Å². The summed E-state index contributed by atoms with van der Waals surface area (Å²) in [6.45, 7) is 3.43. The van der Waals surface area contributed by atoms with Crippen molar-refractivity contribution in [1.29, 1.82) is 5.26 Å². The Morgan fingerprint density at radius 1 is 1.05 bits per heavy atom. The van der Waals surface area contributed by atoms with Crippen LogP contribution in [0.3, 0.4) is 0 Å². The maximum absolute atomic E-state index is 12.4. The first-order valence-corrected chi connectivity index (χ1v) is 7.93. The summed E-state index contributed by atoms with van der Waals surface area (Å²) in [7, 11) is -3.77. The molecule has 0 saturated heterocycles. The Labute approximate surface area is 125 Å². The van der Waals surface area contributed by atoms with Crippen molar-refractivity contribution in [2.24, 2.45) is 0 Å². The lowest BCUT2D eigenvalue weighted by Gasteiger charge is -2.23. The predicted octanol–water partition coefficient (Wildman–Crippen LogP) is 2.71. The highest BCUT2D eigenvalue weighted by Gasteiger charge is 2.32. The minimum absolute atomic E-state index is 0.144. The zero-order valence-corrected chi connectivity index (χ0v) is 12.7. The van der Waals surface area contributed by atoms with Crippen molar-refractivity contribution >= 4 is 10.0 Å². The minimum atomic E-state index is -3.77. The maximum Gasteiger partial charge on any atom is 0.242 e. The summed E-state index contributed by atoms with van der Waals surface area (Å²) >= 11 is 0. The number of aryl methyl sites for hydroxylation is 1. The molecule has 0 aromatic heterocycles. The van der Waals surface area contributed by atoms with E-state index < -0.39 is 15.6 Å². The van der Waals surface area contributed by atoms with E-state index in [0.717, 1.165) is 5.56 Å². The van der Waals surface area contributed by atoms with Gasteiger partial charge in [-0.05, 0) is 31.5 Å². The van der Waals surface area contributed by atoms with Gasteiger partial charge in [-0.3, -0.25) is 0 Å². The van der Waals surface area contributed by atoms with E-state index in [9.17, 15) is 13.7 Å². The largest absolute Gasteiger partial charge is 0.242 e. The molecule has 2 rings (SSSR count). The Kier molecular flexibility index (Phi) is 4.12. The zero-order valence-electron chi connectivity index (χ0n) is 11.9. The van der Waals surface area contributed by atoms with Crippen LogP contribution in [-0.4, -0.2) is 8.42 Å². The number of sulfonamides is 1. The van der Waals surface area contributed by atoms with Gasteiger partial charge in [0.25, 0.3) is 0 Å². The van der Waals surface area contributed by atoms with Gasteiger partial charge in [0, 0.05) is 0 Å². The van der Waals surface area contributed by atoms with Crippen LogP contribution >= 0.6 is 0 Å². The van der Waals surface area contributed by atoms with Crippen LogP contribution in [0.15, 0.2) is 59.5 Å². The molecule has 0 heterocycles. The summed E-state index contributed by atoms with van der Waals surface area (Å²) in [5, 5.41) is 9.42. The smallest absolute Gasteiger partial charge is 0.207 e. The van der Waals surface area contributed by atoms with Crippen molar-refractivity contribution in [3.8, 4) is 6.07 Å². The van der Waals surface area contributed by atoms with Crippen molar-refractivity contribution < 1.29 is 8.42 Å². The van der Waals surface area contributed by atoms with Crippen LogP contribution in [0.4, 0.5) is 0 Å². The predicted molar refractivity (Wildman–Crippen MR) is 80.9 cm³/mol. The van der Waals surface area contributed by atoms with Crippen LogP contribution in [0.2, 0.25) is 0 Å². The molecular weight excluding hydrogens is 284 g/mol. The summed E-state index contributed by atoms with van der Waals surface area (Å²) in [4.78, 5) is 0.144. The molecule has 108 valence electrons. The van der Waals surface area contributed by atoms with Crippen molar-refractivity contribution in [3.63, 3.8) is 0 Å². The van der Waals surface area contributed by atoms with E-state index in [1.54, 1.807) is 43.3 Å². The van der Waals surface area contributed by atoms with E-state index in [1.807, 2.05) is 19.1 Å². The molecule has 0 amide bonds. The second-order valence-corrected chi connectivity index (χ2v) is 6.70. The summed E-state index contributed by atoms with van der Waals surface area (Å²) in [6, 6.07) is 17.3. The molecule has 0 aliphatic heterocycles. The van der Waals surface area contributed by atoms with Gasteiger partial charge in [-0.15, -0.1) is 0 Å². The zero-order chi connectivity index (χ0) is 15.5. The first-order chi connectivity index (χ1) is 9.87. The molecule has 2 aromatic rings. The summed E-state index contributed by atoms with van der Waals surface area (Å²) in [5.74, 6) is 0. The van der Waals surface area contributed by atoms with E-state index in [0.29, 0.717) is 5.56 Å². The second kappa shape index (κ2) is 5.68. The van der Waals surface area contributed by atoms with Gasteiger partial charge < -0.3 is 0 Å². The van der Waals surface area contributed by atoms with Gasteiger partial charge in [0.2, 0.25) is 10.0 Å². The maximum atomic E-state index is 12.4. The number of nitrogens with zero attached hydrogens (tertiary/aromatic N) is 1. The molecule has 21 heavy (non-hydrogen) atoms. The van der Waals surface area contributed by atoms with Crippen molar-refractivity contribution in [1.82, 2.24) is 4.72 Å². The molecule has 0 saturated carbocycles. The first-order valence-electron chi connectivity index (χ1n) is 6.45. The quantitative estimate of drug-likeness (QED) is 0.943. The number of rotatable bonds is 4. The molecule has 1 N–H and O–H groups in total. The topological polar surface area (TPSA) is 70.0 Å². The standard InChI is InChI=1S/C16H16N2O2S/c1-13-8-10-15(11-9-13)21(19,20)18-16(2,12-17)14-6-4-3-5-7-14/h3-11,18H,1-2H3. The molecule has 0 spiro atoms. The van der Waals surface area contributed by atoms with Crippen molar-refractivity contribution in [2.45, 2.75) is 24.3 Å². The number of hydrogen-bond donors (Lipinski definition) is 1. The normalized spacial score (nSPS) is 14.1. The van der Waals surface area contributed by atoms with Gasteiger partial charge in [-0.25, -0.2) is 8.42 Å². The van der Waals surface area contributed by atoms with Gasteiger partial charge >= 0.3 is 0 Å². The third-order valence-corrected chi connectivity index (χ3v) is 4.81. The van der Waals surface area contributed by atoms with E-state index in [-0.39, 0.29) is 4.90 Å². The van der Waals surface area contributed by atoms with E-state index >= 15 is 0 Å². The summed E-state index contributed by atoms with van der Waals surface area (Å²) < 4.78 is 27.3. The minimum Gasteiger partial charge on any atom is -0.207 e. The Morgan fingerprint density at radius 3 is 2.14 bits per heavy atom. The molecule has 2 aromatic carbocycles. The van der Waals surface area contributed by atoms with Crippen LogP contribution in [-0.2, 0) is 15.6 Å². The first kappa shape index (κ1) is 15.2.